The molecule has 87 valence electrons. The Labute approximate surface area is 107 Å². The lowest BCUT2D eigenvalue weighted by atomic mass is 10.1. The molecule has 1 radical (unpaired) electrons. The zero-order chi connectivity index (χ0) is 11.9. The third kappa shape index (κ3) is 4.00. The van der Waals surface area contributed by atoms with Gasteiger partial charge < -0.3 is 10.6 Å². The number of allylic oxidation sites excluding steroid dienone is 3. The molecule has 3 nitrogen and oxygen atoms in total. The number of hydrogen-bond acceptors (Lipinski definition) is 2. The average Bonchev–Trinajstić information content (AvgIpc) is 2.39. The van der Waals surface area contributed by atoms with Crippen LogP contribution in [0.2, 0.25) is 0 Å². The van der Waals surface area contributed by atoms with Gasteiger partial charge in [-0.1, -0.05) is 18.2 Å². The maximum Gasteiger partial charge on any atom is 0.171 e. The maximum absolute atomic E-state index is 5.21. The molecule has 0 aliphatic heterocycles. The Hall–Kier alpha value is -1.68. The maximum atomic E-state index is 5.21. The zero-order valence-corrected chi connectivity index (χ0v) is 10.2. The quantitative estimate of drug-likeness (QED) is 0.798. The molecule has 0 bridgehead atoms. The molecule has 0 saturated heterocycles. The van der Waals surface area contributed by atoms with Crippen LogP contribution in [0.15, 0.2) is 48.5 Å². The number of pyridine rings is 1. The van der Waals surface area contributed by atoms with Gasteiger partial charge in [-0.15, -0.1) is 0 Å². The van der Waals surface area contributed by atoms with Crippen LogP contribution in [-0.2, 0) is 6.54 Å². The Kier molecular flexibility index (Phi) is 4.27. The van der Waals surface area contributed by atoms with E-state index in [9.17, 15) is 0 Å². The number of hydrogen-bond donors (Lipinski definition) is 2. The van der Waals surface area contributed by atoms with E-state index in [4.69, 9.17) is 12.2 Å². The van der Waals surface area contributed by atoms with E-state index in [1.165, 1.54) is 0 Å². The highest BCUT2D eigenvalue weighted by Gasteiger charge is 2.00. The fraction of sp³-hybridized carbons (Fsp3) is 0.154. The van der Waals surface area contributed by atoms with Crippen LogP contribution in [-0.4, -0.2) is 10.1 Å². The lowest BCUT2D eigenvalue weighted by Gasteiger charge is -2.12. The SMILES string of the molecule is S=C(NCc1cccnc1)NC1=CC[CH]C=C1. The topological polar surface area (TPSA) is 37.0 Å². The van der Waals surface area contributed by atoms with Crippen molar-refractivity contribution < 1.29 is 0 Å². The van der Waals surface area contributed by atoms with Gasteiger partial charge in [0.1, 0.15) is 0 Å². The molecule has 17 heavy (non-hydrogen) atoms. The summed E-state index contributed by atoms with van der Waals surface area (Å²) in [4.78, 5) is 4.05. The van der Waals surface area contributed by atoms with E-state index in [1.54, 1.807) is 6.20 Å². The van der Waals surface area contributed by atoms with Crippen LogP contribution in [0.3, 0.4) is 0 Å². The van der Waals surface area contributed by atoms with Gasteiger partial charge in [-0.05, 0) is 42.8 Å². The second kappa shape index (κ2) is 6.15. The average molecular weight is 244 g/mol. The van der Waals surface area contributed by atoms with Gasteiger partial charge in [-0.2, -0.15) is 0 Å². The fourth-order valence-corrected chi connectivity index (χ4v) is 1.66. The third-order valence-corrected chi connectivity index (χ3v) is 2.57. The molecule has 0 spiro atoms. The van der Waals surface area contributed by atoms with Crippen molar-refractivity contribution in [1.82, 2.24) is 15.6 Å². The smallest absolute Gasteiger partial charge is 0.171 e. The Balaban J connectivity index is 1.78. The first-order valence-corrected chi connectivity index (χ1v) is 5.89. The first-order chi connectivity index (χ1) is 8.34. The monoisotopic (exact) mass is 244 g/mol. The number of thiocarbonyl (C=S) groups is 1. The van der Waals surface area contributed by atoms with Crippen molar-refractivity contribution in [1.29, 1.82) is 0 Å². The van der Waals surface area contributed by atoms with Crippen LogP contribution in [0.25, 0.3) is 0 Å². The lowest BCUT2D eigenvalue weighted by Crippen LogP contribution is -2.34. The number of rotatable bonds is 3. The van der Waals surface area contributed by atoms with Gasteiger partial charge in [0, 0.05) is 24.6 Å². The molecule has 1 aliphatic rings. The van der Waals surface area contributed by atoms with Crippen molar-refractivity contribution in [2.45, 2.75) is 13.0 Å². The number of nitrogens with one attached hydrogen (secondary N) is 2. The van der Waals surface area contributed by atoms with Gasteiger partial charge in [0.15, 0.2) is 5.11 Å². The molecular formula is C13H14N3S. The number of aromatic nitrogens is 1. The fourth-order valence-electron chi connectivity index (χ4n) is 1.47. The van der Waals surface area contributed by atoms with E-state index in [-0.39, 0.29) is 0 Å². The van der Waals surface area contributed by atoms with Crippen molar-refractivity contribution in [3.05, 3.63) is 60.4 Å². The van der Waals surface area contributed by atoms with E-state index in [0.717, 1.165) is 17.7 Å². The minimum Gasteiger partial charge on any atom is -0.358 e. The van der Waals surface area contributed by atoms with Crippen molar-refractivity contribution >= 4 is 17.3 Å². The van der Waals surface area contributed by atoms with Gasteiger partial charge in [0.25, 0.3) is 0 Å². The van der Waals surface area contributed by atoms with Gasteiger partial charge in [0.2, 0.25) is 0 Å². The summed E-state index contributed by atoms with van der Waals surface area (Å²) >= 11 is 5.21. The normalized spacial score (nSPS) is 14.0. The molecule has 1 aliphatic carbocycles. The van der Waals surface area contributed by atoms with Crippen molar-refractivity contribution in [2.75, 3.05) is 0 Å². The van der Waals surface area contributed by atoms with Crippen molar-refractivity contribution in [3.63, 3.8) is 0 Å². The minimum atomic E-state index is 0.631. The van der Waals surface area contributed by atoms with Crippen LogP contribution in [0, 0.1) is 6.42 Å². The summed E-state index contributed by atoms with van der Waals surface area (Å²) in [5, 5.41) is 6.92. The summed E-state index contributed by atoms with van der Waals surface area (Å²) in [6.45, 7) is 0.683. The predicted molar refractivity (Wildman–Crippen MR) is 73.0 cm³/mol. The molecule has 0 amide bonds. The summed E-state index contributed by atoms with van der Waals surface area (Å²) in [7, 11) is 0. The third-order valence-electron chi connectivity index (χ3n) is 2.32. The van der Waals surface area contributed by atoms with E-state index in [0.29, 0.717) is 11.7 Å². The van der Waals surface area contributed by atoms with Gasteiger partial charge in [-0.25, -0.2) is 0 Å². The van der Waals surface area contributed by atoms with E-state index >= 15 is 0 Å². The first-order valence-electron chi connectivity index (χ1n) is 5.48. The summed E-state index contributed by atoms with van der Waals surface area (Å²) in [5.74, 6) is 0. The largest absolute Gasteiger partial charge is 0.358 e. The molecule has 2 N–H and O–H groups in total. The summed E-state index contributed by atoms with van der Waals surface area (Å²) in [5.41, 5.74) is 2.15. The Morgan fingerprint density at radius 1 is 1.47 bits per heavy atom. The highest BCUT2D eigenvalue weighted by atomic mass is 32.1. The standard InChI is InChI=1S/C13H14N3S/c17-13(16-12-6-2-1-3-7-12)15-10-11-5-4-8-14-9-11/h1-2,4-9H,3,10H2,(H2,15,16,17). The Bertz CT molecular complexity index is 437. The highest BCUT2D eigenvalue weighted by Crippen LogP contribution is 2.05. The predicted octanol–water partition coefficient (Wildman–Crippen LogP) is 2.09. The van der Waals surface area contributed by atoms with E-state index in [1.807, 2.05) is 30.5 Å². The molecule has 2 rings (SSSR count). The second-order valence-electron chi connectivity index (χ2n) is 3.66. The molecule has 1 aromatic heterocycles. The van der Waals surface area contributed by atoms with E-state index < -0.39 is 0 Å². The zero-order valence-electron chi connectivity index (χ0n) is 9.39. The number of nitrogens with zero attached hydrogens (tertiary/aromatic N) is 1. The lowest BCUT2D eigenvalue weighted by molar-refractivity contribution is 0.884. The van der Waals surface area contributed by atoms with Gasteiger partial charge in [0.05, 0.1) is 0 Å². The van der Waals surface area contributed by atoms with Crippen molar-refractivity contribution in [2.24, 2.45) is 0 Å². The summed E-state index contributed by atoms with van der Waals surface area (Å²) < 4.78 is 0. The Morgan fingerprint density at radius 2 is 2.41 bits per heavy atom. The molecule has 0 atom stereocenters. The van der Waals surface area contributed by atoms with Crippen LogP contribution >= 0.6 is 12.2 Å². The summed E-state index contributed by atoms with van der Waals surface area (Å²) in [6.07, 6.45) is 12.7. The van der Waals surface area contributed by atoms with Crippen LogP contribution < -0.4 is 10.6 Å². The highest BCUT2D eigenvalue weighted by molar-refractivity contribution is 7.80. The molecular weight excluding hydrogens is 230 g/mol. The molecule has 1 heterocycles. The van der Waals surface area contributed by atoms with Crippen LogP contribution in [0.4, 0.5) is 0 Å². The minimum absolute atomic E-state index is 0.631. The molecule has 0 fully saturated rings. The van der Waals surface area contributed by atoms with Crippen molar-refractivity contribution in [3.8, 4) is 0 Å². The van der Waals surface area contributed by atoms with Gasteiger partial charge >= 0.3 is 0 Å². The second-order valence-corrected chi connectivity index (χ2v) is 4.07. The van der Waals surface area contributed by atoms with E-state index in [2.05, 4.69) is 28.1 Å². The Morgan fingerprint density at radius 3 is 3.12 bits per heavy atom. The molecule has 0 aromatic carbocycles. The molecule has 4 heteroatoms. The molecule has 1 aromatic rings. The first kappa shape index (κ1) is 11.8. The van der Waals surface area contributed by atoms with Crippen LogP contribution in [0.1, 0.15) is 12.0 Å². The molecule has 0 saturated carbocycles. The van der Waals surface area contributed by atoms with Gasteiger partial charge in [-0.3, -0.25) is 4.98 Å². The molecule has 0 unspecified atom stereocenters. The van der Waals surface area contributed by atoms with Crippen LogP contribution in [0.5, 0.6) is 0 Å². The summed E-state index contributed by atoms with van der Waals surface area (Å²) in [6, 6.07) is 3.92.